The second kappa shape index (κ2) is 3.55. The van der Waals surface area contributed by atoms with Gasteiger partial charge in [0.05, 0.1) is 17.7 Å². The van der Waals surface area contributed by atoms with Crippen molar-refractivity contribution in [3.8, 4) is 0 Å². The lowest BCUT2D eigenvalue weighted by atomic mass is 10.1. The summed E-state index contributed by atoms with van der Waals surface area (Å²) in [7, 11) is 0. The zero-order valence-electron chi connectivity index (χ0n) is 8.91. The normalized spacial score (nSPS) is 17.9. The monoisotopic (exact) mass is 227 g/mol. The van der Waals surface area contributed by atoms with E-state index in [0.717, 1.165) is 5.01 Å². The summed E-state index contributed by atoms with van der Waals surface area (Å²) < 4.78 is 0. The van der Waals surface area contributed by atoms with Gasteiger partial charge in [-0.1, -0.05) is 12.1 Å². The van der Waals surface area contributed by atoms with Crippen molar-refractivity contribution in [1.29, 1.82) is 0 Å². The summed E-state index contributed by atoms with van der Waals surface area (Å²) in [6.45, 7) is 0.419. The van der Waals surface area contributed by atoms with Crippen LogP contribution in [0, 0.1) is 0 Å². The molecule has 5 heteroatoms. The fraction of sp³-hybridized carbons (Fsp3) is 0.0833. The molecule has 0 fully saturated rings. The van der Waals surface area contributed by atoms with Gasteiger partial charge in [-0.15, -0.1) is 0 Å². The Morgan fingerprint density at radius 1 is 1.06 bits per heavy atom. The van der Waals surface area contributed by atoms with Gasteiger partial charge in [0.25, 0.3) is 11.8 Å². The number of carbonyl (C=O) groups is 2. The Labute approximate surface area is 97.6 Å². The van der Waals surface area contributed by atoms with Crippen LogP contribution in [0.15, 0.2) is 41.7 Å². The van der Waals surface area contributed by atoms with Crippen molar-refractivity contribution in [3.63, 3.8) is 0 Å². The first-order chi connectivity index (χ1) is 8.29. The number of carbonyl (C=O) groups excluding carboxylic acids is 2. The van der Waals surface area contributed by atoms with E-state index in [1.165, 1.54) is 0 Å². The Bertz CT molecular complexity index is 528. The Morgan fingerprint density at radius 3 is 2.24 bits per heavy atom. The summed E-state index contributed by atoms with van der Waals surface area (Å²) in [6, 6.07) is 6.83. The van der Waals surface area contributed by atoms with E-state index in [1.807, 2.05) is 0 Å². The molecular weight excluding hydrogens is 218 g/mol. The highest BCUT2D eigenvalue weighted by Crippen LogP contribution is 2.24. The van der Waals surface area contributed by atoms with Crippen molar-refractivity contribution in [2.75, 3.05) is 6.54 Å². The smallest absolute Gasteiger partial charge is 0.276 e. The summed E-state index contributed by atoms with van der Waals surface area (Å²) in [5.74, 6) is -0.573. The van der Waals surface area contributed by atoms with Crippen LogP contribution in [-0.4, -0.2) is 34.6 Å². The molecule has 0 aromatic heterocycles. The summed E-state index contributed by atoms with van der Waals surface area (Å²) in [5.41, 5.74) is 0.904. The molecule has 2 amide bonds. The number of nitrogens with zero attached hydrogens (tertiary/aromatic N) is 3. The number of hydrogen-bond acceptors (Lipinski definition) is 4. The van der Waals surface area contributed by atoms with E-state index in [1.54, 1.807) is 47.9 Å². The number of imide groups is 1. The molecule has 2 heterocycles. The molecule has 5 nitrogen and oxygen atoms in total. The number of hydrazine groups is 1. The number of benzene rings is 1. The van der Waals surface area contributed by atoms with Crippen LogP contribution in [0.25, 0.3) is 0 Å². The van der Waals surface area contributed by atoms with Crippen molar-refractivity contribution in [2.45, 2.75) is 0 Å². The molecule has 0 unspecified atom stereocenters. The second-order valence-electron chi connectivity index (χ2n) is 3.72. The topological polar surface area (TPSA) is 53.0 Å². The maximum Gasteiger partial charge on any atom is 0.280 e. The first-order valence-corrected chi connectivity index (χ1v) is 5.22. The van der Waals surface area contributed by atoms with E-state index in [9.17, 15) is 9.59 Å². The van der Waals surface area contributed by atoms with Gasteiger partial charge in [0.15, 0.2) is 0 Å². The maximum absolute atomic E-state index is 12.1. The van der Waals surface area contributed by atoms with E-state index in [2.05, 4.69) is 4.99 Å². The lowest BCUT2D eigenvalue weighted by Gasteiger charge is -2.28. The van der Waals surface area contributed by atoms with E-state index >= 15 is 0 Å². The fourth-order valence-corrected chi connectivity index (χ4v) is 1.93. The van der Waals surface area contributed by atoms with Crippen LogP contribution in [-0.2, 0) is 0 Å². The number of hydrogen-bond donors (Lipinski definition) is 0. The molecule has 2 aliphatic heterocycles. The molecule has 84 valence electrons. The molecule has 0 N–H and O–H groups in total. The minimum atomic E-state index is -0.287. The van der Waals surface area contributed by atoms with Crippen molar-refractivity contribution >= 4 is 18.0 Å². The third kappa shape index (κ3) is 1.36. The molecule has 0 bridgehead atoms. The van der Waals surface area contributed by atoms with Crippen molar-refractivity contribution in [1.82, 2.24) is 10.0 Å². The molecule has 1 aromatic carbocycles. The molecule has 3 rings (SSSR count). The highest BCUT2D eigenvalue weighted by atomic mass is 16.2. The van der Waals surface area contributed by atoms with Crippen LogP contribution in [0.2, 0.25) is 0 Å². The van der Waals surface area contributed by atoms with Gasteiger partial charge in [-0.25, -0.2) is 0 Å². The maximum atomic E-state index is 12.1. The van der Waals surface area contributed by atoms with Crippen molar-refractivity contribution in [2.24, 2.45) is 4.99 Å². The first kappa shape index (κ1) is 9.77. The predicted molar refractivity (Wildman–Crippen MR) is 61.3 cm³/mol. The predicted octanol–water partition coefficient (Wildman–Crippen LogP) is 1.06. The molecule has 2 aliphatic rings. The minimum Gasteiger partial charge on any atom is -0.276 e. The van der Waals surface area contributed by atoms with Gasteiger partial charge in [0, 0.05) is 18.6 Å². The van der Waals surface area contributed by atoms with Gasteiger partial charge in [-0.3, -0.25) is 19.6 Å². The van der Waals surface area contributed by atoms with Crippen LogP contribution in [0.1, 0.15) is 20.7 Å². The zero-order valence-corrected chi connectivity index (χ0v) is 8.91. The first-order valence-electron chi connectivity index (χ1n) is 5.22. The van der Waals surface area contributed by atoms with Gasteiger partial charge in [0.2, 0.25) is 0 Å². The van der Waals surface area contributed by atoms with Gasteiger partial charge in [-0.2, -0.15) is 5.01 Å². The molecule has 1 aromatic rings. The van der Waals surface area contributed by atoms with Gasteiger partial charge < -0.3 is 0 Å². The van der Waals surface area contributed by atoms with E-state index in [4.69, 9.17) is 0 Å². The number of amides is 2. The molecule has 0 spiro atoms. The quantitative estimate of drug-likeness (QED) is 0.674. The van der Waals surface area contributed by atoms with Crippen LogP contribution in [0.4, 0.5) is 0 Å². The Kier molecular flexibility index (Phi) is 2.04. The van der Waals surface area contributed by atoms with Crippen LogP contribution in [0.3, 0.4) is 0 Å². The minimum absolute atomic E-state index is 0.287. The average molecular weight is 227 g/mol. The average Bonchev–Trinajstić information content (AvgIpc) is 2.64. The molecule has 0 radical (unpaired) electrons. The lowest BCUT2D eigenvalue weighted by Crippen LogP contribution is -2.44. The van der Waals surface area contributed by atoms with Crippen LogP contribution >= 0.6 is 0 Å². The summed E-state index contributed by atoms with van der Waals surface area (Å²) >= 11 is 0. The van der Waals surface area contributed by atoms with Crippen molar-refractivity contribution < 1.29 is 9.59 Å². The lowest BCUT2D eigenvalue weighted by molar-refractivity contribution is 0.0267. The SMILES string of the molecule is O=C1c2ccccc2C(=O)N1N1C=CN=CC1. The van der Waals surface area contributed by atoms with Gasteiger partial charge in [-0.05, 0) is 12.1 Å². The summed E-state index contributed by atoms with van der Waals surface area (Å²) in [4.78, 5) is 28.1. The summed E-state index contributed by atoms with van der Waals surface area (Å²) in [5, 5.41) is 2.70. The van der Waals surface area contributed by atoms with Gasteiger partial charge in [0.1, 0.15) is 0 Å². The second-order valence-corrected chi connectivity index (χ2v) is 3.72. The summed E-state index contributed by atoms with van der Waals surface area (Å²) in [6.07, 6.45) is 4.80. The molecule has 0 saturated heterocycles. The number of rotatable bonds is 1. The molecule has 0 saturated carbocycles. The molecule has 17 heavy (non-hydrogen) atoms. The fourth-order valence-electron chi connectivity index (χ4n) is 1.93. The zero-order chi connectivity index (χ0) is 11.8. The third-order valence-electron chi connectivity index (χ3n) is 2.73. The molecular formula is C12H9N3O2. The van der Waals surface area contributed by atoms with E-state index < -0.39 is 0 Å². The number of fused-ring (bicyclic) bond motifs is 1. The van der Waals surface area contributed by atoms with Crippen molar-refractivity contribution in [3.05, 3.63) is 47.8 Å². The highest BCUT2D eigenvalue weighted by molar-refractivity contribution is 6.21. The van der Waals surface area contributed by atoms with Crippen LogP contribution in [0.5, 0.6) is 0 Å². The Morgan fingerprint density at radius 2 is 1.71 bits per heavy atom. The van der Waals surface area contributed by atoms with Crippen LogP contribution < -0.4 is 0 Å². The molecule has 0 atom stereocenters. The van der Waals surface area contributed by atoms with E-state index in [-0.39, 0.29) is 11.8 Å². The molecule has 0 aliphatic carbocycles. The van der Waals surface area contributed by atoms with E-state index in [0.29, 0.717) is 17.7 Å². The Hall–Kier alpha value is -2.43. The third-order valence-corrected chi connectivity index (χ3v) is 2.73. The number of aliphatic imine (C=N–C) groups is 1. The standard InChI is InChI=1S/C12H9N3O2/c16-11-9-3-1-2-4-10(9)12(17)15(11)14-7-5-13-6-8-14/h1-7H,8H2. The Balaban J connectivity index is 2.00. The highest BCUT2D eigenvalue weighted by Gasteiger charge is 2.38. The largest absolute Gasteiger partial charge is 0.280 e. The van der Waals surface area contributed by atoms with Gasteiger partial charge >= 0.3 is 0 Å².